The third-order valence-electron chi connectivity index (χ3n) is 4.20. The number of benzene rings is 1. The number of nitriles is 1. The summed E-state index contributed by atoms with van der Waals surface area (Å²) >= 11 is 4.29. The Kier molecular flexibility index (Phi) is 6.42. The number of hydrogen-bond acceptors (Lipinski definition) is 6. The van der Waals surface area contributed by atoms with Gasteiger partial charge in [0.2, 0.25) is 5.91 Å². The fourth-order valence-electron chi connectivity index (χ4n) is 2.75. The van der Waals surface area contributed by atoms with Gasteiger partial charge in [-0.15, -0.1) is 11.3 Å². The molecule has 12 heteroatoms. The first-order valence-electron chi connectivity index (χ1n) is 8.56. The molecule has 30 heavy (non-hydrogen) atoms. The number of nitrogens with one attached hydrogen (secondary N) is 2. The summed E-state index contributed by atoms with van der Waals surface area (Å²) in [6.45, 7) is -1.41. The number of nitrogens with zero attached hydrogens (tertiary/aromatic N) is 3. The average molecular weight is 498 g/mol. The Morgan fingerprint density at radius 1 is 1.30 bits per heavy atom. The Morgan fingerprint density at radius 3 is 2.67 bits per heavy atom. The van der Waals surface area contributed by atoms with Crippen molar-refractivity contribution in [2.24, 2.45) is 0 Å². The first kappa shape index (κ1) is 21.8. The van der Waals surface area contributed by atoms with E-state index in [0.29, 0.717) is 5.56 Å². The van der Waals surface area contributed by atoms with Crippen molar-refractivity contribution < 1.29 is 23.2 Å². The van der Waals surface area contributed by atoms with Crippen LogP contribution >= 0.6 is 27.3 Å². The molecule has 0 unspecified atom stereocenters. The third kappa shape index (κ3) is 5.17. The van der Waals surface area contributed by atoms with Crippen molar-refractivity contribution in [1.82, 2.24) is 15.2 Å². The van der Waals surface area contributed by atoms with E-state index < -0.39 is 49.2 Å². The number of carbonyl (C=O) groups excluding carboxylic acids is 3. The van der Waals surface area contributed by atoms with Crippen molar-refractivity contribution in [3.05, 3.63) is 45.4 Å². The third-order valence-corrected chi connectivity index (χ3v) is 5.49. The van der Waals surface area contributed by atoms with Gasteiger partial charge >= 0.3 is 0 Å². The number of rotatable bonds is 5. The zero-order valence-electron chi connectivity index (χ0n) is 15.2. The zero-order chi connectivity index (χ0) is 21.9. The number of amides is 3. The van der Waals surface area contributed by atoms with Gasteiger partial charge < -0.3 is 10.2 Å². The molecule has 2 heterocycles. The first-order chi connectivity index (χ1) is 14.2. The maximum atomic E-state index is 13.4. The van der Waals surface area contributed by atoms with Gasteiger partial charge in [0, 0.05) is 21.8 Å². The molecule has 0 saturated carbocycles. The summed E-state index contributed by atoms with van der Waals surface area (Å²) in [6.07, 6.45) is -0.725. The van der Waals surface area contributed by atoms with Crippen LogP contribution in [0.3, 0.4) is 0 Å². The van der Waals surface area contributed by atoms with Crippen LogP contribution in [0.5, 0.6) is 0 Å². The quantitative estimate of drug-likeness (QED) is 0.658. The number of likely N-dealkylation sites (tertiary alicyclic amines) is 1. The molecule has 3 amide bonds. The highest BCUT2D eigenvalue weighted by molar-refractivity contribution is 9.10. The van der Waals surface area contributed by atoms with E-state index in [-0.39, 0.29) is 10.8 Å². The Balaban J connectivity index is 1.55. The lowest BCUT2D eigenvalue weighted by atomic mass is 10.2. The van der Waals surface area contributed by atoms with Crippen LogP contribution in [0.25, 0.3) is 0 Å². The number of alkyl halides is 2. The van der Waals surface area contributed by atoms with Crippen molar-refractivity contribution in [2.75, 3.05) is 18.4 Å². The van der Waals surface area contributed by atoms with Gasteiger partial charge in [-0.3, -0.25) is 19.7 Å². The van der Waals surface area contributed by atoms with E-state index >= 15 is 0 Å². The van der Waals surface area contributed by atoms with Crippen LogP contribution in [-0.4, -0.2) is 52.7 Å². The number of aromatic nitrogens is 1. The molecule has 156 valence electrons. The Bertz CT molecular complexity index is 1020. The average Bonchev–Trinajstić information content (AvgIpc) is 3.29. The zero-order valence-corrected chi connectivity index (χ0v) is 17.6. The maximum Gasteiger partial charge on any atom is 0.271 e. The molecular weight excluding hydrogens is 484 g/mol. The smallest absolute Gasteiger partial charge is 0.271 e. The number of thiazole rings is 1. The predicted octanol–water partition coefficient (Wildman–Crippen LogP) is 2.65. The molecule has 1 aliphatic rings. The van der Waals surface area contributed by atoms with Crippen LogP contribution in [0.1, 0.15) is 27.3 Å². The van der Waals surface area contributed by atoms with Crippen LogP contribution in [0.2, 0.25) is 0 Å². The van der Waals surface area contributed by atoms with E-state index in [0.717, 1.165) is 20.7 Å². The molecule has 2 N–H and O–H groups in total. The molecule has 1 atom stereocenters. The second-order valence-electron chi connectivity index (χ2n) is 6.41. The van der Waals surface area contributed by atoms with Crippen molar-refractivity contribution in [1.29, 1.82) is 5.26 Å². The van der Waals surface area contributed by atoms with E-state index in [4.69, 9.17) is 5.26 Å². The lowest BCUT2D eigenvalue weighted by Crippen LogP contribution is -2.43. The van der Waals surface area contributed by atoms with Crippen LogP contribution in [0.4, 0.5) is 13.9 Å². The van der Waals surface area contributed by atoms with Crippen LogP contribution in [0.15, 0.2) is 34.1 Å². The van der Waals surface area contributed by atoms with Gasteiger partial charge in [-0.05, 0) is 24.3 Å². The van der Waals surface area contributed by atoms with Crippen molar-refractivity contribution >= 4 is 50.1 Å². The van der Waals surface area contributed by atoms with Gasteiger partial charge in [0.1, 0.15) is 11.7 Å². The normalized spacial score (nSPS) is 17.3. The summed E-state index contributed by atoms with van der Waals surface area (Å²) in [6, 6.07) is 7.08. The molecule has 0 bridgehead atoms. The summed E-state index contributed by atoms with van der Waals surface area (Å²) in [5.41, 5.74) is 0.363. The van der Waals surface area contributed by atoms with Gasteiger partial charge in [-0.25, -0.2) is 13.8 Å². The molecule has 8 nitrogen and oxygen atoms in total. The number of hydrogen-bond donors (Lipinski definition) is 2. The SMILES string of the molecule is N#C[C@@H]1CC(F)(F)CN1C(=O)CNC(=O)c1csc(NC(=O)c2ccc(Br)cc2)n1. The fourth-order valence-corrected chi connectivity index (χ4v) is 3.70. The van der Waals surface area contributed by atoms with Crippen LogP contribution in [-0.2, 0) is 4.79 Å². The molecular formula is C18H14BrF2N5O3S. The molecule has 1 fully saturated rings. The number of halogens is 3. The van der Waals surface area contributed by atoms with Crippen molar-refractivity contribution in [3.8, 4) is 6.07 Å². The predicted molar refractivity (Wildman–Crippen MR) is 107 cm³/mol. The van der Waals surface area contributed by atoms with Crippen LogP contribution in [0, 0.1) is 11.3 Å². The molecule has 1 aromatic carbocycles. The molecule has 3 rings (SSSR count). The maximum absolute atomic E-state index is 13.4. The minimum absolute atomic E-state index is 0.0394. The monoisotopic (exact) mass is 497 g/mol. The molecule has 0 aliphatic carbocycles. The number of anilines is 1. The van der Waals surface area contributed by atoms with Gasteiger partial charge in [0.25, 0.3) is 17.7 Å². The molecule has 1 aromatic heterocycles. The highest BCUT2D eigenvalue weighted by Crippen LogP contribution is 2.31. The van der Waals surface area contributed by atoms with Gasteiger partial charge in [-0.2, -0.15) is 5.26 Å². The van der Waals surface area contributed by atoms with Gasteiger partial charge in [0.05, 0.1) is 19.2 Å². The summed E-state index contributed by atoms with van der Waals surface area (Å²) in [5, 5.41) is 15.4. The molecule has 1 aliphatic heterocycles. The van der Waals surface area contributed by atoms with E-state index in [1.165, 1.54) is 5.38 Å². The fraction of sp³-hybridized carbons (Fsp3) is 0.278. The van der Waals surface area contributed by atoms with Gasteiger partial charge in [-0.1, -0.05) is 15.9 Å². The minimum Gasteiger partial charge on any atom is -0.342 e. The summed E-state index contributed by atoms with van der Waals surface area (Å²) in [7, 11) is 0. The Labute approximate surface area is 182 Å². The van der Waals surface area contributed by atoms with E-state index in [1.807, 2.05) is 0 Å². The minimum atomic E-state index is -3.13. The lowest BCUT2D eigenvalue weighted by Gasteiger charge is -2.19. The highest BCUT2D eigenvalue weighted by atomic mass is 79.9. The second kappa shape index (κ2) is 8.85. The first-order valence-corrected chi connectivity index (χ1v) is 10.2. The highest BCUT2D eigenvalue weighted by Gasteiger charge is 2.47. The van der Waals surface area contributed by atoms with E-state index in [1.54, 1.807) is 30.3 Å². The second-order valence-corrected chi connectivity index (χ2v) is 8.18. The summed E-state index contributed by atoms with van der Waals surface area (Å²) < 4.78 is 27.7. The lowest BCUT2D eigenvalue weighted by molar-refractivity contribution is -0.131. The van der Waals surface area contributed by atoms with Gasteiger partial charge in [0.15, 0.2) is 5.13 Å². The summed E-state index contributed by atoms with van der Waals surface area (Å²) in [5.74, 6) is -5.03. The van der Waals surface area contributed by atoms with Crippen LogP contribution < -0.4 is 10.6 Å². The van der Waals surface area contributed by atoms with E-state index in [2.05, 4.69) is 31.5 Å². The largest absolute Gasteiger partial charge is 0.342 e. The Morgan fingerprint density at radius 2 is 2.00 bits per heavy atom. The van der Waals surface area contributed by atoms with Crippen molar-refractivity contribution in [3.63, 3.8) is 0 Å². The molecule has 1 saturated heterocycles. The molecule has 2 aromatic rings. The standard InChI is InChI=1S/C18H14BrF2N5O3S/c19-11-3-1-10(2-4-11)15(28)25-17-24-13(8-30-17)16(29)23-7-14(27)26-9-18(20,21)5-12(26)6-22/h1-4,8,12H,5,7,9H2,(H,23,29)(H,24,25,28)/t12-/m0/s1. The molecule has 0 spiro atoms. The van der Waals surface area contributed by atoms with E-state index in [9.17, 15) is 23.2 Å². The molecule has 0 radical (unpaired) electrons. The topological polar surface area (TPSA) is 115 Å². The Hall–Kier alpha value is -2.91. The summed E-state index contributed by atoms with van der Waals surface area (Å²) in [4.78, 5) is 41.2. The number of carbonyl (C=O) groups is 3. The van der Waals surface area contributed by atoms with Crippen molar-refractivity contribution in [2.45, 2.75) is 18.4 Å².